The van der Waals surface area contributed by atoms with Gasteiger partial charge < -0.3 is 15.0 Å². The number of halogens is 2. The van der Waals surface area contributed by atoms with Crippen molar-refractivity contribution in [3.8, 4) is 5.75 Å². The van der Waals surface area contributed by atoms with Gasteiger partial charge in [-0.3, -0.25) is 9.89 Å². The van der Waals surface area contributed by atoms with E-state index in [0.29, 0.717) is 30.4 Å². The Morgan fingerprint density at radius 3 is 3.12 bits per heavy atom. The number of amides is 1. The van der Waals surface area contributed by atoms with Gasteiger partial charge in [-0.2, -0.15) is 5.10 Å². The zero-order chi connectivity index (χ0) is 16.5. The summed E-state index contributed by atoms with van der Waals surface area (Å²) < 4.78 is 5.95. The van der Waals surface area contributed by atoms with Crippen LogP contribution in [0.3, 0.4) is 0 Å². The topological polar surface area (TPSA) is 70.2 Å². The standard InChI is InChI=1S/C17H19ClN4O2.ClH/c18-11-2-1-3-12(8-11)24-13-5-7-22(10-13)17(23)16-14-9-19-6-4-15(14)20-21-16;/h1-3,8,13,19H,4-7,9-10H2,(H,20,21);1H. The first-order valence-corrected chi connectivity index (χ1v) is 8.57. The van der Waals surface area contributed by atoms with Crippen LogP contribution in [0.15, 0.2) is 24.3 Å². The Morgan fingerprint density at radius 1 is 1.40 bits per heavy atom. The van der Waals surface area contributed by atoms with Crippen LogP contribution in [0.1, 0.15) is 28.2 Å². The summed E-state index contributed by atoms with van der Waals surface area (Å²) >= 11 is 5.98. The van der Waals surface area contributed by atoms with Crippen LogP contribution in [0.4, 0.5) is 0 Å². The summed E-state index contributed by atoms with van der Waals surface area (Å²) in [5, 5.41) is 11.2. The zero-order valence-corrected chi connectivity index (χ0v) is 15.2. The molecule has 0 aliphatic carbocycles. The first-order valence-electron chi connectivity index (χ1n) is 8.19. The molecule has 6 nitrogen and oxygen atoms in total. The molecule has 0 radical (unpaired) electrons. The molecule has 2 aliphatic rings. The van der Waals surface area contributed by atoms with Crippen LogP contribution in [-0.4, -0.2) is 46.7 Å². The number of aromatic amines is 1. The number of benzene rings is 1. The Hall–Kier alpha value is -1.76. The number of hydrogen-bond acceptors (Lipinski definition) is 4. The van der Waals surface area contributed by atoms with Crippen LogP contribution in [0, 0.1) is 0 Å². The molecule has 0 spiro atoms. The fourth-order valence-corrected chi connectivity index (χ4v) is 3.47. The van der Waals surface area contributed by atoms with E-state index in [2.05, 4.69) is 15.5 Å². The SMILES string of the molecule is Cl.O=C(c1n[nH]c2c1CNCC2)N1CCC(Oc2cccc(Cl)c2)C1. The van der Waals surface area contributed by atoms with Gasteiger partial charge in [-0.15, -0.1) is 12.4 Å². The second-order valence-corrected chi connectivity index (χ2v) is 6.63. The maximum absolute atomic E-state index is 12.8. The fraction of sp³-hybridized carbons (Fsp3) is 0.412. The number of nitrogens with one attached hydrogen (secondary N) is 2. The Balaban J connectivity index is 0.00000182. The third-order valence-electron chi connectivity index (χ3n) is 4.54. The highest BCUT2D eigenvalue weighted by molar-refractivity contribution is 6.30. The van der Waals surface area contributed by atoms with Crippen LogP contribution in [0.25, 0.3) is 0 Å². The molecule has 2 aliphatic heterocycles. The van der Waals surface area contributed by atoms with Crippen LogP contribution in [-0.2, 0) is 13.0 Å². The highest BCUT2D eigenvalue weighted by atomic mass is 35.5. The average molecular weight is 383 g/mol. The Labute approximate surface area is 157 Å². The predicted octanol–water partition coefficient (Wildman–Crippen LogP) is 2.42. The predicted molar refractivity (Wildman–Crippen MR) is 97.6 cm³/mol. The zero-order valence-electron chi connectivity index (χ0n) is 13.6. The summed E-state index contributed by atoms with van der Waals surface area (Å²) in [6, 6.07) is 7.35. The molecule has 4 rings (SSSR count). The van der Waals surface area contributed by atoms with E-state index in [1.54, 1.807) is 6.07 Å². The van der Waals surface area contributed by atoms with Crippen molar-refractivity contribution in [1.82, 2.24) is 20.4 Å². The lowest BCUT2D eigenvalue weighted by Gasteiger charge is -2.18. The van der Waals surface area contributed by atoms with Crippen LogP contribution in [0.2, 0.25) is 5.02 Å². The quantitative estimate of drug-likeness (QED) is 0.854. The molecular weight excluding hydrogens is 363 g/mol. The van der Waals surface area contributed by atoms with E-state index < -0.39 is 0 Å². The highest BCUT2D eigenvalue weighted by Crippen LogP contribution is 2.24. The Morgan fingerprint density at radius 2 is 2.28 bits per heavy atom. The van der Waals surface area contributed by atoms with Gasteiger partial charge >= 0.3 is 0 Å². The lowest BCUT2D eigenvalue weighted by molar-refractivity contribution is 0.0765. The third kappa shape index (κ3) is 3.76. The monoisotopic (exact) mass is 382 g/mol. The van der Waals surface area contributed by atoms with Gasteiger partial charge in [-0.1, -0.05) is 17.7 Å². The summed E-state index contributed by atoms with van der Waals surface area (Å²) in [5.41, 5.74) is 2.62. The maximum Gasteiger partial charge on any atom is 0.274 e. The molecule has 1 atom stereocenters. The molecule has 1 unspecified atom stereocenters. The summed E-state index contributed by atoms with van der Waals surface area (Å²) in [6.07, 6.45) is 1.68. The second-order valence-electron chi connectivity index (χ2n) is 6.19. The van der Waals surface area contributed by atoms with Gasteiger partial charge in [0.1, 0.15) is 11.9 Å². The van der Waals surface area contributed by atoms with Gasteiger partial charge in [0.2, 0.25) is 0 Å². The molecular formula is C17H20Cl2N4O2. The number of rotatable bonds is 3. The van der Waals surface area contributed by atoms with E-state index in [1.807, 2.05) is 23.1 Å². The van der Waals surface area contributed by atoms with Gasteiger partial charge in [-0.25, -0.2) is 0 Å². The minimum absolute atomic E-state index is 0. The van der Waals surface area contributed by atoms with E-state index in [9.17, 15) is 4.79 Å². The molecule has 25 heavy (non-hydrogen) atoms. The Kier molecular flexibility index (Phi) is 5.51. The molecule has 134 valence electrons. The van der Waals surface area contributed by atoms with Crippen LogP contribution in [0.5, 0.6) is 5.75 Å². The summed E-state index contributed by atoms with van der Waals surface area (Å²) in [6.45, 7) is 2.87. The van der Waals surface area contributed by atoms with E-state index in [1.165, 1.54) is 0 Å². The smallest absolute Gasteiger partial charge is 0.274 e. The number of ether oxygens (including phenoxy) is 1. The number of carbonyl (C=O) groups excluding carboxylic acids is 1. The largest absolute Gasteiger partial charge is 0.488 e. The lowest BCUT2D eigenvalue weighted by atomic mass is 10.1. The molecule has 1 fully saturated rings. The number of carbonyl (C=O) groups is 1. The molecule has 0 bridgehead atoms. The van der Waals surface area contributed by atoms with E-state index in [-0.39, 0.29) is 24.4 Å². The second kappa shape index (κ2) is 7.64. The number of likely N-dealkylation sites (tertiary alicyclic amines) is 1. The summed E-state index contributed by atoms with van der Waals surface area (Å²) in [4.78, 5) is 14.6. The van der Waals surface area contributed by atoms with Gasteiger partial charge in [0.25, 0.3) is 5.91 Å². The molecule has 1 aromatic carbocycles. The van der Waals surface area contributed by atoms with Gasteiger partial charge in [-0.05, 0) is 18.2 Å². The molecule has 1 aromatic heterocycles. The highest BCUT2D eigenvalue weighted by Gasteiger charge is 2.32. The normalized spacial score (nSPS) is 19.2. The van der Waals surface area contributed by atoms with E-state index in [4.69, 9.17) is 16.3 Å². The van der Waals surface area contributed by atoms with Crippen molar-refractivity contribution in [2.24, 2.45) is 0 Å². The van der Waals surface area contributed by atoms with E-state index in [0.717, 1.165) is 36.4 Å². The average Bonchev–Trinajstić information content (AvgIpc) is 3.21. The summed E-state index contributed by atoms with van der Waals surface area (Å²) in [5.74, 6) is 0.719. The minimum atomic E-state index is -0.0200. The maximum atomic E-state index is 12.8. The van der Waals surface area contributed by atoms with Gasteiger partial charge in [0.15, 0.2) is 5.69 Å². The van der Waals surface area contributed by atoms with Crippen molar-refractivity contribution >= 4 is 29.9 Å². The summed E-state index contributed by atoms with van der Waals surface area (Å²) in [7, 11) is 0. The number of nitrogens with zero attached hydrogens (tertiary/aromatic N) is 2. The molecule has 1 saturated heterocycles. The first-order chi connectivity index (χ1) is 11.7. The van der Waals surface area contributed by atoms with Crippen molar-refractivity contribution in [3.05, 3.63) is 46.2 Å². The molecule has 3 heterocycles. The Bertz CT molecular complexity index is 765. The first kappa shape index (κ1) is 18.0. The van der Waals surface area contributed by atoms with Crippen LogP contribution >= 0.6 is 24.0 Å². The lowest BCUT2D eigenvalue weighted by Crippen LogP contribution is -2.33. The number of aromatic nitrogens is 2. The molecule has 0 saturated carbocycles. The number of fused-ring (bicyclic) bond motifs is 1. The van der Waals surface area contributed by atoms with Gasteiger partial charge in [0, 0.05) is 48.8 Å². The van der Waals surface area contributed by atoms with Gasteiger partial charge in [0.05, 0.1) is 6.54 Å². The van der Waals surface area contributed by atoms with Crippen molar-refractivity contribution in [3.63, 3.8) is 0 Å². The number of H-pyrrole nitrogens is 1. The number of hydrogen-bond donors (Lipinski definition) is 2. The molecule has 8 heteroatoms. The van der Waals surface area contributed by atoms with Crippen molar-refractivity contribution in [1.29, 1.82) is 0 Å². The molecule has 1 amide bonds. The van der Waals surface area contributed by atoms with Crippen molar-refractivity contribution < 1.29 is 9.53 Å². The fourth-order valence-electron chi connectivity index (χ4n) is 3.29. The van der Waals surface area contributed by atoms with E-state index >= 15 is 0 Å². The van der Waals surface area contributed by atoms with Crippen molar-refractivity contribution in [2.45, 2.75) is 25.5 Å². The van der Waals surface area contributed by atoms with Crippen LogP contribution < -0.4 is 10.1 Å². The third-order valence-corrected chi connectivity index (χ3v) is 4.78. The molecule has 2 aromatic rings. The van der Waals surface area contributed by atoms with Crippen molar-refractivity contribution in [2.75, 3.05) is 19.6 Å². The molecule has 2 N–H and O–H groups in total. The minimum Gasteiger partial charge on any atom is -0.488 e.